The largest absolute Gasteiger partial charge is 0.648 e. The molecule has 0 radical (unpaired) electrons. The van der Waals surface area contributed by atoms with Gasteiger partial charge < -0.3 is 44.2 Å². The van der Waals surface area contributed by atoms with Gasteiger partial charge in [0.05, 0.1) is 6.61 Å². The van der Waals surface area contributed by atoms with Crippen molar-refractivity contribution in [3.63, 3.8) is 0 Å². The maximum atomic E-state index is 9.93. The molecule has 5 unspecified atom stereocenters. The topological polar surface area (TPSA) is 138 Å². The number of hydrogen-bond donors (Lipinski definition) is 5. The lowest BCUT2D eigenvalue weighted by molar-refractivity contribution is -0.528. The number of ether oxygens (including phenoxy) is 1. The molecule has 3 fully saturated rings. The molecular weight excluding hydrogens is 227 g/mol. The lowest BCUT2D eigenvalue weighted by atomic mass is 9.89. The average Bonchev–Trinajstić information content (AvgIpc) is 2.60. The van der Waals surface area contributed by atoms with Crippen LogP contribution in [0.5, 0.6) is 0 Å². The predicted octanol–water partition coefficient (Wildman–Crippen LogP) is -4.18. The van der Waals surface area contributed by atoms with E-state index in [1.54, 1.807) is 0 Å². The second-order valence-corrected chi connectivity index (χ2v) is 3.85. The molecular formula is C6H9BO9. The molecule has 3 rings (SSSR count). The first kappa shape index (κ1) is 10.8. The fourth-order valence-corrected chi connectivity index (χ4v) is 2.07. The first-order valence-electron chi connectivity index (χ1n) is 4.53. The van der Waals surface area contributed by atoms with Crippen molar-refractivity contribution in [1.82, 2.24) is 0 Å². The average molecular weight is 236 g/mol. The van der Waals surface area contributed by atoms with E-state index < -0.39 is 43.7 Å². The van der Waals surface area contributed by atoms with E-state index in [1.807, 2.05) is 0 Å². The van der Waals surface area contributed by atoms with Gasteiger partial charge in [0.1, 0.15) is 12.2 Å². The molecule has 0 aromatic rings. The van der Waals surface area contributed by atoms with E-state index in [-0.39, 0.29) is 0 Å². The van der Waals surface area contributed by atoms with Crippen molar-refractivity contribution in [3.8, 4) is 0 Å². The molecule has 16 heavy (non-hydrogen) atoms. The molecule has 0 saturated carbocycles. The Balaban J connectivity index is 2.08. The number of aliphatic hydroxyl groups is 5. The summed E-state index contributed by atoms with van der Waals surface area (Å²) >= 11 is 0. The molecule has 0 spiro atoms. The molecule has 2 bridgehead atoms. The number of rotatable bonds is 1. The zero-order chi connectivity index (χ0) is 11.8. The van der Waals surface area contributed by atoms with Gasteiger partial charge in [0.25, 0.3) is 5.79 Å². The van der Waals surface area contributed by atoms with Gasteiger partial charge in [0.2, 0.25) is 5.79 Å². The van der Waals surface area contributed by atoms with Gasteiger partial charge in [0.15, 0.2) is 0 Å². The van der Waals surface area contributed by atoms with Gasteiger partial charge in [-0.1, -0.05) is 0 Å². The lowest BCUT2D eigenvalue weighted by Gasteiger charge is -2.52. The summed E-state index contributed by atoms with van der Waals surface area (Å²) in [4.78, 5) is 0. The Bertz CT molecular complexity index is 340. The molecule has 0 aromatic carbocycles. The molecule has 3 saturated heterocycles. The molecule has 3 heterocycles. The van der Waals surface area contributed by atoms with Crippen LogP contribution in [-0.4, -0.2) is 69.2 Å². The van der Waals surface area contributed by atoms with E-state index in [0.717, 1.165) is 0 Å². The van der Waals surface area contributed by atoms with Crippen molar-refractivity contribution >= 4 is 7.32 Å². The maximum absolute atomic E-state index is 9.93. The standard InChI is InChI=1S/C6H9BO9/c8-1-2-3(9)4(10)5(11)6(12,13-2)16-7(14-4)15-5/h2-3,8-12H,1H2. The fourth-order valence-electron chi connectivity index (χ4n) is 2.07. The summed E-state index contributed by atoms with van der Waals surface area (Å²) in [5, 5.41) is 48.1. The highest BCUT2D eigenvalue weighted by Crippen LogP contribution is 2.55. The third kappa shape index (κ3) is 0.895. The summed E-state index contributed by atoms with van der Waals surface area (Å²) in [6, 6.07) is 0. The van der Waals surface area contributed by atoms with Crippen LogP contribution in [0.2, 0.25) is 0 Å². The van der Waals surface area contributed by atoms with Crippen LogP contribution in [0.3, 0.4) is 0 Å². The smallest absolute Gasteiger partial charge is 0.394 e. The third-order valence-corrected chi connectivity index (χ3v) is 2.96. The van der Waals surface area contributed by atoms with E-state index in [4.69, 9.17) is 14.5 Å². The Morgan fingerprint density at radius 2 is 1.81 bits per heavy atom. The first-order valence-corrected chi connectivity index (χ1v) is 4.53. The van der Waals surface area contributed by atoms with E-state index >= 15 is 0 Å². The van der Waals surface area contributed by atoms with Gasteiger partial charge in [-0.2, -0.15) is 0 Å². The van der Waals surface area contributed by atoms with E-state index in [2.05, 4.69) is 9.31 Å². The SMILES string of the molecule is OCC1OC2(O)OB3OC(O)(C1O)C2(O)O3. The lowest BCUT2D eigenvalue weighted by Crippen LogP contribution is -2.79. The number of fused-ring (bicyclic) bond motifs is 1. The summed E-state index contributed by atoms with van der Waals surface area (Å²) < 4.78 is 18.7. The summed E-state index contributed by atoms with van der Waals surface area (Å²) in [7, 11) is -1.56. The van der Waals surface area contributed by atoms with Crippen molar-refractivity contribution in [1.29, 1.82) is 0 Å². The number of aliphatic hydroxyl groups excluding tert-OH is 2. The Hall–Kier alpha value is -0.295. The van der Waals surface area contributed by atoms with Gasteiger partial charge in [-0.25, -0.2) is 0 Å². The predicted molar refractivity (Wildman–Crippen MR) is 41.8 cm³/mol. The third-order valence-electron chi connectivity index (χ3n) is 2.96. The highest BCUT2D eigenvalue weighted by atomic mass is 17.0. The summed E-state index contributed by atoms with van der Waals surface area (Å²) in [5.74, 6) is -8.09. The molecule has 3 aliphatic heterocycles. The minimum absolute atomic E-state index is 0.723. The first-order chi connectivity index (χ1) is 7.36. The second-order valence-electron chi connectivity index (χ2n) is 3.85. The van der Waals surface area contributed by atoms with Crippen LogP contribution >= 0.6 is 0 Å². The molecule has 10 heteroatoms. The van der Waals surface area contributed by atoms with Crippen LogP contribution < -0.4 is 0 Å². The molecule has 5 N–H and O–H groups in total. The van der Waals surface area contributed by atoms with Crippen molar-refractivity contribution in [2.24, 2.45) is 0 Å². The minimum atomic E-state index is -2.77. The quantitative estimate of drug-likeness (QED) is 0.287. The molecule has 90 valence electrons. The van der Waals surface area contributed by atoms with Crippen molar-refractivity contribution < 1.29 is 44.2 Å². The summed E-state index contributed by atoms with van der Waals surface area (Å²) in [6.07, 6.45) is -3.20. The van der Waals surface area contributed by atoms with E-state index in [1.165, 1.54) is 0 Å². The monoisotopic (exact) mass is 236 g/mol. The summed E-state index contributed by atoms with van der Waals surface area (Å²) in [6.45, 7) is -0.723. The van der Waals surface area contributed by atoms with Crippen LogP contribution in [0.4, 0.5) is 0 Å². The Morgan fingerprint density at radius 1 is 1.12 bits per heavy atom. The molecule has 0 aromatic heterocycles. The van der Waals surface area contributed by atoms with Crippen LogP contribution in [0.1, 0.15) is 0 Å². The zero-order valence-corrected chi connectivity index (χ0v) is 7.81. The molecule has 9 nitrogen and oxygen atoms in total. The Morgan fingerprint density at radius 3 is 2.38 bits per heavy atom. The van der Waals surface area contributed by atoms with E-state index in [0.29, 0.717) is 0 Å². The van der Waals surface area contributed by atoms with Crippen LogP contribution in [0.25, 0.3) is 0 Å². The van der Waals surface area contributed by atoms with Crippen molar-refractivity contribution in [3.05, 3.63) is 0 Å². The Kier molecular flexibility index (Phi) is 1.86. The molecule has 5 atom stereocenters. The minimum Gasteiger partial charge on any atom is -0.394 e. The molecule has 3 aliphatic rings. The van der Waals surface area contributed by atoms with E-state index in [9.17, 15) is 20.4 Å². The molecule has 0 amide bonds. The molecule has 0 aliphatic carbocycles. The van der Waals surface area contributed by atoms with Gasteiger partial charge in [-0.3, -0.25) is 0 Å². The summed E-state index contributed by atoms with van der Waals surface area (Å²) in [5.41, 5.74) is 0. The zero-order valence-electron chi connectivity index (χ0n) is 7.81. The van der Waals surface area contributed by atoms with Gasteiger partial charge >= 0.3 is 13.3 Å². The van der Waals surface area contributed by atoms with Gasteiger partial charge in [-0.15, -0.1) is 0 Å². The van der Waals surface area contributed by atoms with Crippen LogP contribution in [0, 0.1) is 0 Å². The second kappa shape index (κ2) is 2.75. The van der Waals surface area contributed by atoms with Gasteiger partial charge in [0, 0.05) is 0 Å². The normalized spacial score (nSPS) is 59.4. The Labute approximate surface area is 88.9 Å². The van der Waals surface area contributed by atoms with Gasteiger partial charge in [-0.05, 0) is 0 Å². The highest BCUT2D eigenvalue weighted by molar-refractivity contribution is 6.38. The highest BCUT2D eigenvalue weighted by Gasteiger charge is 2.86. The number of hydrogen-bond acceptors (Lipinski definition) is 9. The fraction of sp³-hybridized carbons (Fsp3) is 1.00. The van der Waals surface area contributed by atoms with Crippen LogP contribution in [-0.2, 0) is 18.7 Å². The van der Waals surface area contributed by atoms with Crippen LogP contribution in [0.15, 0.2) is 0 Å². The maximum Gasteiger partial charge on any atom is 0.648 e. The van der Waals surface area contributed by atoms with Crippen molar-refractivity contribution in [2.45, 2.75) is 29.8 Å². The van der Waals surface area contributed by atoms with Crippen molar-refractivity contribution in [2.75, 3.05) is 6.61 Å².